The highest BCUT2D eigenvalue weighted by molar-refractivity contribution is 6.21. The van der Waals surface area contributed by atoms with Crippen LogP contribution in [0, 0.1) is 0 Å². The molecule has 1 fully saturated rings. The van der Waals surface area contributed by atoms with Crippen molar-refractivity contribution < 1.29 is 24.1 Å². The predicted molar refractivity (Wildman–Crippen MR) is 127 cm³/mol. The van der Waals surface area contributed by atoms with Gasteiger partial charge in [-0.1, -0.05) is 91.0 Å². The van der Waals surface area contributed by atoms with E-state index in [-0.39, 0.29) is 6.61 Å². The van der Waals surface area contributed by atoms with E-state index in [0.717, 1.165) is 16.7 Å². The summed E-state index contributed by atoms with van der Waals surface area (Å²) in [5.41, 5.74) is 3.06. The molecule has 4 rings (SSSR count). The number of aliphatic hydroxyl groups excluding tert-OH is 1. The first-order chi connectivity index (χ1) is 16.2. The predicted octanol–water partition coefficient (Wildman–Crippen LogP) is 4.70. The molecule has 1 N–H and O–H groups in total. The van der Waals surface area contributed by atoms with Crippen LogP contribution in [0.15, 0.2) is 91.0 Å². The Kier molecular flexibility index (Phi) is 8.89. The first kappa shape index (κ1) is 23.9. The van der Waals surface area contributed by atoms with E-state index in [9.17, 15) is 5.11 Å². The topological polar surface area (TPSA) is 57.2 Å². The zero-order valence-electron chi connectivity index (χ0n) is 18.3. The van der Waals surface area contributed by atoms with Crippen molar-refractivity contribution in [1.82, 2.24) is 0 Å². The summed E-state index contributed by atoms with van der Waals surface area (Å²) in [6.45, 7) is 1.33. The summed E-state index contributed by atoms with van der Waals surface area (Å²) in [6, 6.07) is 29.5. The summed E-state index contributed by atoms with van der Waals surface area (Å²) in [5, 5.41) is 10.2. The van der Waals surface area contributed by atoms with E-state index >= 15 is 0 Å². The number of alkyl halides is 1. The second kappa shape index (κ2) is 12.3. The number of ether oxygens (including phenoxy) is 4. The molecule has 5 nitrogen and oxygen atoms in total. The normalized spacial score (nSPS) is 25.1. The third-order valence-electron chi connectivity index (χ3n) is 5.55. The van der Waals surface area contributed by atoms with Crippen molar-refractivity contribution in [2.75, 3.05) is 6.61 Å². The molecular formula is C27H29ClO5. The third kappa shape index (κ3) is 6.87. The molecule has 3 aromatic carbocycles. The molecule has 0 unspecified atom stereocenters. The van der Waals surface area contributed by atoms with Gasteiger partial charge >= 0.3 is 0 Å². The molecule has 33 heavy (non-hydrogen) atoms. The lowest BCUT2D eigenvalue weighted by Crippen LogP contribution is -2.58. The van der Waals surface area contributed by atoms with Gasteiger partial charge in [0.05, 0.1) is 31.8 Å². The average Bonchev–Trinajstić information content (AvgIpc) is 2.86. The Morgan fingerprint density at radius 2 is 1.12 bits per heavy atom. The van der Waals surface area contributed by atoms with Gasteiger partial charge in [0.15, 0.2) is 6.29 Å². The second-order valence-electron chi connectivity index (χ2n) is 8.03. The molecule has 0 bridgehead atoms. The Morgan fingerprint density at radius 3 is 1.64 bits per heavy atom. The number of hydrogen-bond donors (Lipinski definition) is 1. The van der Waals surface area contributed by atoms with E-state index in [1.807, 2.05) is 91.0 Å². The fourth-order valence-corrected chi connectivity index (χ4v) is 4.13. The largest absolute Gasteiger partial charge is 0.374 e. The van der Waals surface area contributed by atoms with Crippen molar-refractivity contribution in [3.63, 3.8) is 0 Å². The number of halogens is 1. The van der Waals surface area contributed by atoms with Crippen LogP contribution in [0.2, 0.25) is 0 Å². The van der Waals surface area contributed by atoms with Gasteiger partial charge in [0, 0.05) is 0 Å². The molecule has 1 saturated heterocycles. The Balaban J connectivity index is 1.41. The highest BCUT2D eigenvalue weighted by Gasteiger charge is 2.46. The monoisotopic (exact) mass is 468 g/mol. The summed E-state index contributed by atoms with van der Waals surface area (Å²) < 4.78 is 23.9. The van der Waals surface area contributed by atoms with Crippen molar-refractivity contribution in [1.29, 1.82) is 0 Å². The maximum Gasteiger partial charge on any atom is 0.184 e. The molecule has 1 aliphatic rings. The van der Waals surface area contributed by atoms with Crippen molar-refractivity contribution in [3.8, 4) is 0 Å². The van der Waals surface area contributed by atoms with E-state index in [0.29, 0.717) is 19.8 Å². The van der Waals surface area contributed by atoms with Gasteiger partial charge in [-0.3, -0.25) is 0 Å². The molecular weight excluding hydrogens is 440 g/mol. The molecule has 0 aromatic heterocycles. The molecule has 3 aromatic rings. The quantitative estimate of drug-likeness (QED) is 0.437. The molecule has 0 spiro atoms. The zero-order valence-corrected chi connectivity index (χ0v) is 19.1. The summed E-state index contributed by atoms with van der Waals surface area (Å²) in [4.78, 5) is 0. The van der Waals surface area contributed by atoms with Crippen LogP contribution in [-0.4, -0.2) is 41.7 Å². The third-order valence-corrected chi connectivity index (χ3v) is 6.08. The first-order valence-electron chi connectivity index (χ1n) is 11.1. The van der Waals surface area contributed by atoms with Crippen LogP contribution in [0.4, 0.5) is 0 Å². The van der Waals surface area contributed by atoms with Crippen LogP contribution in [0.3, 0.4) is 0 Å². The SMILES string of the molecule is O[C@H]1O[C@H](COCc2ccccc2)[C@H](Cl)[C@H](OCc2ccccc2)[C@H]1OCc1ccccc1. The van der Waals surface area contributed by atoms with Crippen LogP contribution in [0.1, 0.15) is 16.7 Å². The second-order valence-corrected chi connectivity index (χ2v) is 8.54. The minimum atomic E-state index is -1.19. The standard InChI is InChI=1S/C27H29ClO5/c28-24-23(19-30-16-20-10-4-1-5-11-20)33-27(29)26(32-18-22-14-8-3-9-15-22)25(24)31-17-21-12-6-2-7-13-21/h1-15,23-27,29H,16-19H2/t23-,24+,25+,26-,27+/m1/s1. The lowest BCUT2D eigenvalue weighted by Gasteiger charge is -2.42. The summed E-state index contributed by atoms with van der Waals surface area (Å²) in [5.74, 6) is 0. The minimum Gasteiger partial charge on any atom is -0.374 e. The van der Waals surface area contributed by atoms with E-state index in [4.69, 9.17) is 30.5 Å². The van der Waals surface area contributed by atoms with E-state index < -0.39 is 30.0 Å². The van der Waals surface area contributed by atoms with Crippen LogP contribution >= 0.6 is 11.6 Å². The summed E-state index contributed by atoms with van der Waals surface area (Å²) in [6.07, 6.45) is -3.04. The Hall–Kier alpha value is -2.25. The van der Waals surface area contributed by atoms with Crippen LogP contribution in [0.5, 0.6) is 0 Å². The molecule has 0 amide bonds. The van der Waals surface area contributed by atoms with Gasteiger partial charge in [0.25, 0.3) is 0 Å². The zero-order chi connectivity index (χ0) is 22.9. The minimum absolute atomic E-state index is 0.233. The van der Waals surface area contributed by atoms with Crippen molar-refractivity contribution in [3.05, 3.63) is 108 Å². The van der Waals surface area contributed by atoms with Gasteiger partial charge in [0.2, 0.25) is 0 Å². The van der Waals surface area contributed by atoms with Gasteiger partial charge < -0.3 is 24.1 Å². The van der Waals surface area contributed by atoms with Gasteiger partial charge in [-0.2, -0.15) is 0 Å². The van der Waals surface area contributed by atoms with E-state index in [1.165, 1.54) is 0 Å². The van der Waals surface area contributed by atoms with E-state index in [1.54, 1.807) is 0 Å². The fourth-order valence-electron chi connectivity index (χ4n) is 3.78. The van der Waals surface area contributed by atoms with Gasteiger partial charge in [0.1, 0.15) is 18.3 Å². The Morgan fingerprint density at radius 1 is 0.667 bits per heavy atom. The van der Waals surface area contributed by atoms with Crippen LogP contribution < -0.4 is 0 Å². The molecule has 5 atom stereocenters. The number of aliphatic hydroxyl groups is 1. The highest BCUT2D eigenvalue weighted by Crippen LogP contribution is 2.30. The fraction of sp³-hybridized carbons (Fsp3) is 0.333. The highest BCUT2D eigenvalue weighted by atomic mass is 35.5. The van der Waals surface area contributed by atoms with Gasteiger partial charge in [-0.15, -0.1) is 11.6 Å². The summed E-state index contributed by atoms with van der Waals surface area (Å²) >= 11 is 6.82. The number of benzene rings is 3. The van der Waals surface area contributed by atoms with E-state index in [2.05, 4.69) is 0 Å². The molecule has 1 heterocycles. The molecule has 6 heteroatoms. The Labute approximate surface area is 199 Å². The molecule has 1 aliphatic heterocycles. The van der Waals surface area contributed by atoms with Crippen molar-refractivity contribution >= 4 is 11.6 Å². The van der Waals surface area contributed by atoms with Crippen LogP contribution in [-0.2, 0) is 38.8 Å². The maximum atomic E-state index is 10.8. The van der Waals surface area contributed by atoms with Gasteiger partial charge in [-0.25, -0.2) is 0 Å². The maximum absolute atomic E-state index is 10.8. The Bertz CT molecular complexity index is 941. The lowest BCUT2D eigenvalue weighted by atomic mass is 10.0. The smallest absolute Gasteiger partial charge is 0.184 e. The van der Waals surface area contributed by atoms with Crippen molar-refractivity contribution in [2.24, 2.45) is 0 Å². The van der Waals surface area contributed by atoms with Crippen molar-refractivity contribution in [2.45, 2.75) is 49.8 Å². The summed E-state index contributed by atoms with van der Waals surface area (Å²) in [7, 11) is 0. The lowest BCUT2D eigenvalue weighted by molar-refractivity contribution is -0.275. The molecule has 174 valence electrons. The molecule has 0 aliphatic carbocycles. The first-order valence-corrected chi connectivity index (χ1v) is 11.5. The average molecular weight is 469 g/mol. The molecule has 0 saturated carbocycles. The number of rotatable bonds is 10. The number of hydrogen-bond acceptors (Lipinski definition) is 5. The van der Waals surface area contributed by atoms with Crippen LogP contribution in [0.25, 0.3) is 0 Å². The molecule has 0 radical (unpaired) electrons. The van der Waals surface area contributed by atoms with Gasteiger partial charge in [-0.05, 0) is 16.7 Å².